The molecular weight excluding hydrogens is 182 g/mol. The van der Waals surface area contributed by atoms with Crippen LogP contribution in [0.15, 0.2) is 39.7 Å². The summed E-state index contributed by atoms with van der Waals surface area (Å²) in [7, 11) is 1.57. The molecule has 0 aliphatic rings. The SMILES string of the molecule is CO[NH2+]c1ccc2occc(=O)c2c1. The Kier molecular flexibility index (Phi) is 2.30. The van der Waals surface area contributed by atoms with Crippen molar-refractivity contribution in [1.29, 1.82) is 0 Å². The molecule has 72 valence electrons. The van der Waals surface area contributed by atoms with Gasteiger partial charge in [-0.25, -0.2) is 4.84 Å². The van der Waals surface area contributed by atoms with Crippen LogP contribution in [0.4, 0.5) is 5.69 Å². The molecule has 2 N–H and O–H groups in total. The first kappa shape index (κ1) is 8.93. The van der Waals surface area contributed by atoms with Gasteiger partial charge in [-0.05, 0) is 6.07 Å². The molecule has 0 bridgehead atoms. The largest absolute Gasteiger partial charge is 0.464 e. The quantitative estimate of drug-likeness (QED) is 0.558. The minimum atomic E-state index is -0.0439. The summed E-state index contributed by atoms with van der Waals surface area (Å²) in [5.41, 5.74) is 2.97. The molecule has 0 spiro atoms. The Labute approximate surface area is 80.1 Å². The van der Waals surface area contributed by atoms with Gasteiger partial charge in [0.05, 0.1) is 18.8 Å². The van der Waals surface area contributed by atoms with Crippen LogP contribution in [-0.4, -0.2) is 7.11 Å². The van der Waals surface area contributed by atoms with Gasteiger partial charge in [0.2, 0.25) is 0 Å². The molecule has 1 aromatic heterocycles. The predicted octanol–water partition coefficient (Wildman–Crippen LogP) is 0.549. The maximum atomic E-state index is 11.4. The molecule has 0 fully saturated rings. The lowest BCUT2D eigenvalue weighted by molar-refractivity contribution is -0.830. The van der Waals surface area contributed by atoms with E-state index in [0.29, 0.717) is 11.0 Å². The number of benzene rings is 1. The normalized spacial score (nSPS) is 10.6. The first-order valence-corrected chi connectivity index (χ1v) is 4.19. The molecule has 0 saturated carbocycles. The van der Waals surface area contributed by atoms with E-state index in [0.717, 1.165) is 5.69 Å². The summed E-state index contributed by atoms with van der Waals surface area (Å²) >= 11 is 0. The second-order valence-corrected chi connectivity index (χ2v) is 2.89. The van der Waals surface area contributed by atoms with E-state index in [9.17, 15) is 4.79 Å². The van der Waals surface area contributed by atoms with E-state index in [1.807, 2.05) is 6.07 Å². The second kappa shape index (κ2) is 3.61. The number of hydrogen-bond acceptors (Lipinski definition) is 3. The third kappa shape index (κ3) is 1.53. The fourth-order valence-electron chi connectivity index (χ4n) is 1.31. The maximum absolute atomic E-state index is 11.4. The molecule has 2 aromatic rings. The van der Waals surface area contributed by atoms with Gasteiger partial charge in [0.1, 0.15) is 5.58 Å². The Hall–Kier alpha value is -1.65. The van der Waals surface area contributed by atoms with Crippen molar-refractivity contribution in [2.45, 2.75) is 0 Å². The van der Waals surface area contributed by atoms with Crippen LogP contribution in [0, 0.1) is 0 Å². The third-order valence-corrected chi connectivity index (χ3v) is 1.94. The predicted molar refractivity (Wildman–Crippen MR) is 51.1 cm³/mol. The van der Waals surface area contributed by atoms with Crippen LogP contribution < -0.4 is 10.9 Å². The van der Waals surface area contributed by atoms with Crippen LogP contribution in [0.3, 0.4) is 0 Å². The second-order valence-electron chi connectivity index (χ2n) is 2.89. The molecule has 2 rings (SSSR count). The van der Waals surface area contributed by atoms with Crippen molar-refractivity contribution in [2.75, 3.05) is 7.11 Å². The van der Waals surface area contributed by atoms with Gasteiger partial charge in [-0.15, -0.1) is 0 Å². The molecule has 0 atom stereocenters. The number of rotatable bonds is 2. The Balaban J connectivity index is 2.64. The smallest absolute Gasteiger partial charge is 0.192 e. The number of nitrogens with two attached hydrogens (primary N) is 1. The molecule has 4 nitrogen and oxygen atoms in total. The highest BCUT2D eigenvalue weighted by atomic mass is 16.6. The Morgan fingerprint density at radius 1 is 1.36 bits per heavy atom. The molecule has 0 aliphatic carbocycles. The van der Waals surface area contributed by atoms with E-state index in [1.165, 1.54) is 12.3 Å². The molecule has 1 heterocycles. The van der Waals surface area contributed by atoms with Gasteiger partial charge in [-0.1, -0.05) is 0 Å². The average molecular weight is 192 g/mol. The van der Waals surface area contributed by atoms with Crippen LogP contribution in [-0.2, 0) is 4.84 Å². The number of hydrogen-bond donors (Lipinski definition) is 1. The fraction of sp³-hybridized carbons (Fsp3) is 0.100. The Bertz CT molecular complexity index is 504. The van der Waals surface area contributed by atoms with Gasteiger partial charge in [0.25, 0.3) is 0 Å². The van der Waals surface area contributed by atoms with Gasteiger partial charge in [-0.2, -0.15) is 5.48 Å². The van der Waals surface area contributed by atoms with Crippen LogP contribution in [0.5, 0.6) is 0 Å². The molecule has 0 amide bonds. The highest BCUT2D eigenvalue weighted by Crippen LogP contribution is 2.12. The van der Waals surface area contributed by atoms with E-state index in [2.05, 4.69) is 0 Å². The average Bonchev–Trinajstić information content (AvgIpc) is 2.20. The van der Waals surface area contributed by atoms with E-state index in [4.69, 9.17) is 9.25 Å². The first-order chi connectivity index (χ1) is 6.81. The minimum absolute atomic E-state index is 0.0439. The lowest BCUT2D eigenvalue weighted by atomic mass is 10.2. The van der Waals surface area contributed by atoms with Crippen LogP contribution in [0.2, 0.25) is 0 Å². The summed E-state index contributed by atoms with van der Waals surface area (Å²) in [4.78, 5) is 16.3. The summed E-state index contributed by atoms with van der Waals surface area (Å²) in [5, 5.41) is 0.568. The highest BCUT2D eigenvalue weighted by Gasteiger charge is 2.03. The monoisotopic (exact) mass is 192 g/mol. The van der Waals surface area contributed by atoms with Crippen molar-refractivity contribution in [3.05, 3.63) is 40.8 Å². The minimum Gasteiger partial charge on any atom is -0.464 e. The van der Waals surface area contributed by atoms with Crippen LogP contribution >= 0.6 is 0 Å². The zero-order chi connectivity index (χ0) is 9.97. The molecule has 0 saturated heterocycles. The van der Waals surface area contributed by atoms with Crippen molar-refractivity contribution >= 4 is 16.7 Å². The van der Waals surface area contributed by atoms with E-state index >= 15 is 0 Å². The fourth-order valence-corrected chi connectivity index (χ4v) is 1.31. The zero-order valence-electron chi connectivity index (χ0n) is 7.69. The van der Waals surface area contributed by atoms with Gasteiger partial charge >= 0.3 is 0 Å². The highest BCUT2D eigenvalue weighted by molar-refractivity contribution is 5.78. The maximum Gasteiger partial charge on any atom is 0.192 e. The zero-order valence-corrected chi connectivity index (χ0v) is 7.69. The van der Waals surface area contributed by atoms with E-state index in [-0.39, 0.29) is 5.43 Å². The molecule has 0 radical (unpaired) electrons. The van der Waals surface area contributed by atoms with Crippen molar-refractivity contribution in [2.24, 2.45) is 0 Å². The number of fused-ring (bicyclic) bond motifs is 1. The van der Waals surface area contributed by atoms with E-state index < -0.39 is 0 Å². The lowest BCUT2D eigenvalue weighted by Gasteiger charge is -1.97. The molecule has 14 heavy (non-hydrogen) atoms. The van der Waals surface area contributed by atoms with Crippen molar-refractivity contribution in [3.8, 4) is 0 Å². The van der Waals surface area contributed by atoms with Gasteiger partial charge in [0.15, 0.2) is 11.1 Å². The molecular formula is C10H10NO3+. The summed E-state index contributed by atoms with van der Waals surface area (Å²) in [6, 6.07) is 6.72. The summed E-state index contributed by atoms with van der Waals surface area (Å²) in [6.07, 6.45) is 1.39. The Morgan fingerprint density at radius 3 is 3.00 bits per heavy atom. The van der Waals surface area contributed by atoms with Crippen molar-refractivity contribution in [1.82, 2.24) is 0 Å². The van der Waals surface area contributed by atoms with Crippen molar-refractivity contribution in [3.63, 3.8) is 0 Å². The van der Waals surface area contributed by atoms with Crippen molar-refractivity contribution < 1.29 is 14.7 Å². The van der Waals surface area contributed by atoms with Gasteiger partial charge in [0, 0.05) is 18.2 Å². The van der Waals surface area contributed by atoms with Crippen LogP contribution in [0.25, 0.3) is 11.0 Å². The standard InChI is InChI=1S/C10H9NO3/c1-13-11-7-2-3-10-8(6-7)9(12)4-5-14-10/h2-6,11H,1H3/p+1. The summed E-state index contributed by atoms with van der Waals surface area (Å²) in [5.74, 6) is 0. The molecule has 1 aromatic carbocycles. The van der Waals surface area contributed by atoms with Gasteiger partial charge < -0.3 is 4.42 Å². The Morgan fingerprint density at radius 2 is 2.21 bits per heavy atom. The number of quaternary nitrogens is 1. The molecule has 0 aliphatic heterocycles. The van der Waals surface area contributed by atoms with Gasteiger partial charge in [-0.3, -0.25) is 4.79 Å². The lowest BCUT2D eigenvalue weighted by Crippen LogP contribution is -2.75. The van der Waals surface area contributed by atoms with E-state index in [1.54, 1.807) is 24.7 Å². The third-order valence-electron chi connectivity index (χ3n) is 1.94. The topological polar surface area (TPSA) is 56.1 Å². The summed E-state index contributed by atoms with van der Waals surface area (Å²) in [6.45, 7) is 0. The summed E-state index contributed by atoms with van der Waals surface area (Å²) < 4.78 is 5.17. The molecule has 0 unspecified atom stereocenters. The van der Waals surface area contributed by atoms with Crippen LogP contribution in [0.1, 0.15) is 0 Å². The first-order valence-electron chi connectivity index (χ1n) is 4.19. The molecule has 4 heteroatoms.